The van der Waals surface area contributed by atoms with Gasteiger partial charge >= 0.3 is 5.97 Å². The number of hydrogen-bond donors (Lipinski definition) is 2. The van der Waals surface area contributed by atoms with Crippen LogP contribution < -0.4 is 10.1 Å². The largest absolute Gasteiger partial charge is 0.483 e. The Balaban J connectivity index is 0.00000191. The van der Waals surface area contributed by atoms with Crippen LogP contribution in [0.4, 0.5) is 0 Å². The number of esters is 1. The number of ether oxygens (including phenoxy) is 2. The second kappa shape index (κ2) is 9.52. The Morgan fingerprint density at radius 2 is 1.71 bits per heavy atom. The number of nitrogens with one attached hydrogen (secondary N) is 2. The van der Waals surface area contributed by atoms with Crippen LogP contribution in [0, 0.1) is 26.2 Å². The third-order valence-electron chi connectivity index (χ3n) is 2.50. The molecule has 1 aromatic rings. The summed E-state index contributed by atoms with van der Waals surface area (Å²) >= 11 is 0. The Bertz CT molecular complexity index is 477. The fourth-order valence-electron chi connectivity index (χ4n) is 1.80. The summed E-state index contributed by atoms with van der Waals surface area (Å²) in [6.45, 7) is 9.42. The van der Waals surface area contributed by atoms with Crippen LogP contribution in [0.3, 0.4) is 0 Å². The molecular weight excluding hydrogens is 272 g/mol. The van der Waals surface area contributed by atoms with E-state index < -0.39 is 5.97 Å². The lowest BCUT2D eigenvalue weighted by Gasteiger charge is -2.13. The highest BCUT2D eigenvalue weighted by Crippen LogP contribution is 2.24. The topological polar surface area (TPSA) is 88.5 Å². The molecule has 0 heterocycles. The van der Waals surface area contributed by atoms with E-state index in [0.29, 0.717) is 5.75 Å². The molecule has 0 aliphatic heterocycles. The number of benzene rings is 1. The minimum atomic E-state index is -0.438. The lowest BCUT2D eigenvalue weighted by Crippen LogP contribution is -2.31. The molecule has 1 amide bonds. The molecule has 1 rings (SSSR count). The number of hydrogen-bond acceptors (Lipinski definition) is 5. The van der Waals surface area contributed by atoms with Crippen LogP contribution in [-0.4, -0.2) is 31.9 Å². The predicted molar refractivity (Wildman–Crippen MR) is 80.8 cm³/mol. The SMILES string of the molecule is C=N.CC(=O)OCNC(=O)COc1c(C)cc(C)cc1C. The van der Waals surface area contributed by atoms with Gasteiger partial charge in [0.15, 0.2) is 13.3 Å². The molecule has 116 valence electrons. The maximum atomic E-state index is 11.5. The van der Waals surface area contributed by atoms with Crippen LogP contribution in [-0.2, 0) is 14.3 Å². The number of aryl methyl sites for hydroxylation is 3. The van der Waals surface area contributed by atoms with Crippen molar-refractivity contribution in [2.45, 2.75) is 27.7 Å². The molecule has 0 aromatic heterocycles. The summed E-state index contributed by atoms with van der Waals surface area (Å²) in [5, 5.41) is 7.93. The zero-order valence-corrected chi connectivity index (χ0v) is 12.9. The summed E-state index contributed by atoms with van der Waals surface area (Å²) in [6, 6.07) is 4.00. The number of amides is 1. The molecule has 0 radical (unpaired) electrons. The van der Waals surface area contributed by atoms with Crippen molar-refractivity contribution >= 4 is 18.6 Å². The van der Waals surface area contributed by atoms with Crippen molar-refractivity contribution in [3.63, 3.8) is 0 Å². The van der Waals surface area contributed by atoms with Crippen molar-refractivity contribution in [2.24, 2.45) is 0 Å². The van der Waals surface area contributed by atoms with Crippen molar-refractivity contribution in [3.8, 4) is 5.75 Å². The van der Waals surface area contributed by atoms with Gasteiger partial charge in [0.25, 0.3) is 5.91 Å². The highest BCUT2D eigenvalue weighted by Gasteiger charge is 2.08. The van der Waals surface area contributed by atoms with Crippen molar-refractivity contribution < 1.29 is 19.1 Å². The lowest BCUT2D eigenvalue weighted by atomic mass is 10.1. The molecule has 0 aliphatic carbocycles. The summed E-state index contributed by atoms with van der Waals surface area (Å²) in [6.07, 6.45) is 0. The first kappa shape index (κ1) is 18.6. The van der Waals surface area contributed by atoms with Gasteiger partial charge in [-0.25, -0.2) is 0 Å². The van der Waals surface area contributed by atoms with E-state index in [1.54, 1.807) is 0 Å². The quantitative estimate of drug-likeness (QED) is 0.493. The molecule has 2 N–H and O–H groups in total. The average Bonchev–Trinajstić information content (AvgIpc) is 2.39. The second-order valence-electron chi connectivity index (χ2n) is 4.40. The fraction of sp³-hybridized carbons (Fsp3) is 0.400. The first-order valence-electron chi connectivity index (χ1n) is 6.36. The van der Waals surface area contributed by atoms with Crippen molar-refractivity contribution in [3.05, 3.63) is 28.8 Å². The molecule has 21 heavy (non-hydrogen) atoms. The highest BCUT2D eigenvalue weighted by molar-refractivity contribution is 5.77. The Hall–Kier alpha value is -2.37. The van der Waals surface area contributed by atoms with Crippen LogP contribution in [0.2, 0.25) is 0 Å². The van der Waals surface area contributed by atoms with E-state index in [1.165, 1.54) is 6.92 Å². The zero-order chi connectivity index (χ0) is 16.4. The molecule has 0 unspecified atom stereocenters. The van der Waals surface area contributed by atoms with Gasteiger partial charge in [0.2, 0.25) is 0 Å². The number of carbonyl (C=O) groups excluding carboxylic acids is 2. The molecule has 6 nitrogen and oxygen atoms in total. The summed E-state index contributed by atoms with van der Waals surface area (Å²) in [7, 11) is 0. The number of carbonyl (C=O) groups is 2. The molecule has 0 saturated heterocycles. The third kappa shape index (κ3) is 7.10. The first-order valence-corrected chi connectivity index (χ1v) is 6.36. The molecule has 0 saturated carbocycles. The fourth-order valence-corrected chi connectivity index (χ4v) is 1.80. The van der Waals surface area contributed by atoms with Crippen LogP contribution in [0.25, 0.3) is 0 Å². The Labute approximate surface area is 125 Å². The summed E-state index contributed by atoms with van der Waals surface area (Å²) in [4.78, 5) is 22.0. The molecule has 0 atom stereocenters. The Morgan fingerprint density at radius 1 is 1.19 bits per heavy atom. The summed E-state index contributed by atoms with van der Waals surface area (Å²) in [5.41, 5.74) is 3.14. The van der Waals surface area contributed by atoms with Gasteiger partial charge in [-0.1, -0.05) is 17.7 Å². The Morgan fingerprint density at radius 3 is 2.19 bits per heavy atom. The van der Waals surface area contributed by atoms with Gasteiger partial charge in [-0.05, 0) is 38.6 Å². The van der Waals surface area contributed by atoms with Crippen molar-refractivity contribution in [1.29, 1.82) is 5.41 Å². The van der Waals surface area contributed by atoms with E-state index in [-0.39, 0.29) is 19.2 Å². The third-order valence-corrected chi connectivity index (χ3v) is 2.50. The molecular formula is C15H22N2O4. The minimum absolute atomic E-state index is 0.105. The maximum absolute atomic E-state index is 11.5. The lowest BCUT2D eigenvalue weighted by molar-refractivity contribution is -0.143. The van der Waals surface area contributed by atoms with E-state index in [9.17, 15) is 9.59 Å². The molecule has 0 fully saturated rings. The van der Waals surface area contributed by atoms with Crippen LogP contribution in [0.15, 0.2) is 12.1 Å². The summed E-state index contributed by atoms with van der Waals surface area (Å²) < 4.78 is 10.1. The molecule has 0 bridgehead atoms. The highest BCUT2D eigenvalue weighted by atomic mass is 16.5. The predicted octanol–water partition coefficient (Wildman–Crippen LogP) is 1.89. The van der Waals surface area contributed by atoms with Gasteiger partial charge in [-0.15, -0.1) is 0 Å². The Kier molecular flexibility index (Phi) is 8.45. The van der Waals surface area contributed by atoms with Crippen molar-refractivity contribution in [2.75, 3.05) is 13.3 Å². The normalized spacial score (nSPS) is 9.14. The van der Waals surface area contributed by atoms with Crippen LogP contribution in [0.1, 0.15) is 23.6 Å². The second-order valence-corrected chi connectivity index (χ2v) is 4.40. The van der Waals surface area contributed by atoms with Gasteiger partial charge in [0.05, 0.1) is 0 Å². The molecule has 1 aromatic carbocycles. The minimum Gasteiger partial charge on any atom is -0.483 e. The smallest absolute Gasteiger partial charge is 0.304 e. The van der Waals surface area contributed by atoms with Gasteiger partial charge in [0.1, 0.15) is 5.75 Å². The van der Waals surface area contributed by atoms with Gasteiger partial charge < -0.3 is 20.2 Å². The molecule has 0 spiro atoms. The van der Waals surface area contributed by atoms with E-state index in [2.05, 4.69) is 16.8 Å². The van der Waals surface area contributed by atoms with Crippen LogP contribution in [0.5, 0.6) is 5.75 Å². The van der Waals surface area contributed by atoms with Gasteiger partial charge in [-0.2, -0.15) is 0 Å². The average molecular weight is 294 g/mol. The maximum Gasteiger partial charge on any atom is 0.304 e. The standard InChI is InChI=1S/C14H19NO4.CH3N/c1-9-5-10(2)14(11(3)6-9)18-7-13(17)15-8-19-12(4)16;1-2/h5-6H,7-8H2,1-4H3,(H,15,17);2H,1H2. The monoisotopic (exact) mass is 294 g/mol. The number of rotatable bonds is 5. The molecule has 6 heteroatoms. The van der Waals surface area contributed by atoms with E-state index >= 15 is 0 Å². The molecule has 0 aliphatic rings. The van der Waals surface area contributed by atoms with Gasteiger partial charge in [-0.3, -0.25) is 9.59 Å². The first-order chi connectivity index (χ1) is 9.90. The van der Waals surface area contributed by atoms with Gasteiger partial charge in [0, 0.05) is 6.92 Å². The van der Waals surface area contributed by atoms with E-state index in [1.807, 2.05) is 32.9 Å². The summed E-state index contributed by atoms with van der Waals surface area (Å²) in [5.74, 6) is -0.0553. The van der Waals surface area contributed by atoms with Crippen molar-refractivity contribution in [1.82, 2.24) is 5.32 Å². The van der Waals surface area contributed by atoms with E-state index in [4.69, 9.17) is 10.1 Å². The zero-order valence-electron chi connectivity index (χ0n) is 12.9. The van der Waals surface area contributed by atoms with Crippen LogP contribution >= 0.6 is 0 Å². The van der Waals surface area contributed by atoms with E-state index in [0.717, 1.165) is 16.7 Å².